The quantitative estimate of drug-likeness (QED) is 0.755. The molecule has 88 valence electrons. The Kier molecular flexibility index (Phi) is 4.58. The van der Waals surface area contributed by atoms with E-state index in [4.69, 9.17) is 5.11 Å². The molecule has 15 heavy (non-hydrogen) atoms. The van der Waals surface area contributed by atoms with E-state index in [9.17, 15) is 9.90 Å². The van der Waals surface area contributed by atoms with Crippen molar-refractivity contribution in [2.45, 2.75) is 52.1 Å². The van der Waals surface area contributed by atoms with Crippen molar-refractivity contribution in [3.63, 3.8) is 0 Å². The Morgan fingerprint density at radius 2 is 1.80 bits per heavy atom. The van der Waals surface area contributed by atoms with Gasteiger partial charge < -0.3 is 10.2 Å². The summed E-state index contributed by atoms with van der Waals surface area (Å²) in [4.78, 5) is 10.5. The van der Waals surface area contributed by atoms with E-state index in [0.29, 0.717) is 12.3 Å². The second kappa shape index (κ2) is 5.50. The van der Waals surface area contributed by atoms with Crippen LogP contribution in [0.3, 0.4) is 0 Å². The number of carboxylic acids is 1. The van der Waals surface area contributed by atoms with Crippen LogP contribution in [0.2, 0.25) is 0 Å². The molecule has 1 saturated carbocycles. The summed E-state index contributed by atoms with van der Waals surface area (Å²) in [5, 5.41) is 17.9. The van der Waals surface area contributed by atoms with Gasteiger partial charge in [-0.2, -0.15) is 0 Å². The van der Waals surface area contributed by atoms with E-state index in [1.54, 1.807) is 0 Å². The molecule has 3 heteroatoms. The SMILES string of the molecule is CC(C)C1CCC(CC(O)C(=O)O)CC1. The maximum atomic E-state index is 10.5. The maximum Gasteiger partial charge on any atom is 0.332 e. The molecule has 0 aromatic heterocycles. The van der Waals surface area contributed by atoms with E-state index < -0.39 is 12.1 Å². The first-order chi connectivity index (χ1) is 7.00. The largest absolute Gasteiger partial charge is 0.479 e. The van der Waals surface area contributed by atoms with Crippen LogP contribution in [0.15, 0.2) is 0 Å². The zero-order chi connectivity index (χ0) is 11.4. The molecule has 0 aromatic carbocycles. The first-order valence-electron chi connectivity index (χ1n) is 5.91. The predicted molar refractivity (Wildman–Crippen MR) is 58.5 cm³/mol. The normalized spacial score (nSPS) is 29.1. The Hall–Kier alpha value is -0.570. The fraction of sp³-hybridized carbons (Fsp3) is 0.917. The van der Waals surface area contributed by atoms with Gasteiger partial charge in [-0.3, -0.25) is 0 Å². The van der Waals surface area contributed by atoms with Crippen LogP contribution in [0, 0.1) is 17.8 Å². The Balaban J connectivity index is 2.28. The van der Waals surface area contributed by atoms with Crippen LogP contribution in [0.5, 0.6) is 0 Å². The Labute approximate surface area is 91.5 Å². The van der Waals surface area contributed by atoms with Crippen LogP contribution in [0.4, 0.5) is 0 Å². The number of rotatable bonds is 4. The lowest BCUT2D eigenvalue weighted by Gasteiger charge is -2.31. The highest BCUT2D eigenvalue weighted by molar-refractivity contribution is 5.71. The van der Waals surface area contributed by atoms with Gasteiger partial charge in [-0.05, 0) is 37.0 Å². The van der Waals surface area contributed by atoms with Crippen LogP contribution in [0.1, 0.15) is 46.0 Å². The molecule has 3 nitrogen and oxygen atoms in total. The highest BCUT2D eigenvalue weighted by Crippen LogP contribution is 2.35. The van der Waals surface area contributed by atoms with Gasteiger partial charge in [-0.15, -0.1) is 0 Å². The molecule has 1 atom stereocenters. The topological polar surface area (TPSA) is 57.5 Å². The molecule has 0 radical (unpaired) electrons. The lowest BCUT2D eigenvalue weighted by molar-refractivity contribution is -0.147. The van der Waals surface area contributed by atoms with Gasteiger partial charge in [0.1, 0.15) is 0 Å². The van der Waals surface area contributed by atoms with E-state index in [1.807, 2.05) is 0 Å². The van der Waals surface area contributed by atoms with Gasteiger partial charge in [0.2, 0.25) is 0 Å². The number of aliphatic hydroxyl groups is 1. The molecule has 0 spiro atoms. The molecular weight excluding hydrogens is 192 g/mol. The summed E-state index contributed by atoms with van der Waals surface area (Å²) in [7, 11) is 0. The van der Waals surface area contributed by atoms with Crippen molar-refractivity contribution >= 4 is 5.97 Å². The Morgan fingerprint density at radius 1 is 1.27 bits per heavy atom. The van der Waals surface area contributed by atoms with E-state index >= 15 is 0 Å². The number of hydrogen-bond acceptors (Lipinski definition) is 2. The molecule has 0 saturated heterocycles. The number of aliphatic carboxylic acids is 1. The molecule has 1 aliphatic rings. The number of hydrogen-bond donors (Lipinski definition) is 2. The molecule has 0 bridgehead atoms. The van der Waals surface area contributed by atoms with Crippen LogP contribution < -0.4 is 0 Å². The van der Waals surface area contributed by atoms with Gasteiger partial charge in [0.05, 0.1) is 0 Å². The third-order valence-corrected chi connectivity index (χ3v) is 3.68. The van der Waals surface area contributed by atoms with Crippen molar-refractivity contribution in [2.24, 2.45) is 17.8 Å². The summed E-state index contributed by atoms with van der Waals surface area (Å²) in [6.45, 7) is 4.49. The minimum absolute atomic E-state index is 0.408. The fourth-order valence-corrected chi connectivity index (χ4v) is 2.51. The van der Waals surface area contributed by atoms with E-state index in [1.165, 1.54) is 12.8 Å². The monoisotopic (exact) mass is 214 g/mol. The summed E-state index contributed by atoms with van der Waals surface area (Å²) >= 11 is 0. The molecule has 1 aliphatic carbocycles. The summed E-state index contributed by atoms with van der Waals surface area (Å²) in [6.07, 6.45) is 3.80. The number of aliphatic hydroxyl groups excluding tert-OH is 1. The standard InChI is InChI=1S/C12H22O3/c1-8(2)10-5-3-9(4-6-10)7-11(13)12(14)15/h8-11,13H,3-7H2,1-2H3,(H,14,15). The molecule has 0 heterocycles. The first kappa shape index (κ1) is 12.5. The molecule has 1 unspecified atom stereocenters. The molecule has 0 aliphatic heterocycles. The summed E-state index contributed by atoms with van der Waals surface area (Å²) in [5.41, 5.74) is 0. The maximum absolute atomic E-state index is 10.5. The van der Waals surface area contributed by atoms with Gasteiger partial charge in [0.25, 0.3) is 0 Å². The van der Waals surface area contributed by atoms with Gasteiger partial charge in [-0.1, -0.05) is 26.7 Å². The number of carboxylic acid groups (broad SMARTS) is 1. The Morgan fingerprint density at radius 3 is 2.20 bits per heavy atom. The summed E-state index contributed by atoms with van der Waals surface area (Å²) in [6, 6.07) is 0. The van der Waals surface area contributed by atoms with Crippen LogP contribution >= 0.6 is 0 Å². The zero-order valence-electron chi connectivity index (χ0n) is 9.65. The number of carbonyl (C=O) groups is 1. The van der Waals surface area contributed by atoms with Gasteiger partial charge in [-0.25, -0.2) is 4.79 Å². The van der Waals surface area contributed by atoms with Crippen molar-refractivity contribution in [1.82, 2.24) is 0 Å². The van der Waals surface area contributed by atoms with Crippen molar-refractivity contribution in [3.05, 3.63) is 0 Å². The molecular formula is C12H22O3. The third kappa shape index (κ3) is 3.82. The minimum Gasteiger partial charge on any atom is -0.479 e. The van der Waals surface area contributed by atoms with Crippen LogP contribution in [-0.4, -0.2) is 22.3 Å². The van der Waals surface area contributed by atoms with Gasteiger partial charge >= 0.3 is 5.97 Å². The minimum atomic E-state index is -1.16. The average Bonchev–Trinajstić information content (AvgIpc) is 2.18. The molecule has 0 aromatic rings. The summed E-state index contributed by atoms with van der Waals surface area (Å²) < 4.78 is 0. The van der Waals surface area contributed by atoms with E-state index in [2.05, 4.69) is 13.8 Å². The van der Waals surface area contributed by atoms with Crippen molar-refractivity contribution in [1.29, 1.82) is 0 Å². The highest BCUT2D eigenvalue weighted by Gasteiger charge is 2.26. The first-order valence-corrected chi connectivity index (χ1v) is 5.91. The van der Waals surface area contributed by atoms with Crippen molar-refractivity contribution < 1.29 is 15.0 Å². The smallest absolute Gasteiger partial charge is 0.332 e. The lowest BCUT2D eigenvalue weighted by Crippen LogP contribution is -2.26. The average molecular weight is 214 g/mol. The highest BCUT2D eigenvalue weighted by atomic mass is 16.4. The van der Waals surface area contributed by atoms with E-state index in [-0.39, 0.29) is 0 Å². The zero-order valence-corrected chi connectivity index (χ0v) is 9.65. The Bertz CT molecular complexity index is 205. The van der Waals surface area contributed by atoms with Crippen LogP contribution in [-0.2, 0) is 4.79 Å². The van der Waals surface area contributed by atoms with Crippen molar-refractivity contribution in [2.75, 3.05) is 0 Å². The second-order valence-corrected chi connectivity index (χ2v) is 5.11. The van der Waals surface area contributed by atoms with Gasteiger partial charge in [0.15, 0.2) is 6.10 Å². The molecule has 0 amide bonds. The van der Waals surface area contributed by atoms with E-state index in [0.717, 1.165) is 24.7 Å². The molecule has 1 fully saturated rings. The lowest BCUT2D eigenvalue weighted by atomic mass is 9.75. The van der Waals surface area contributed by atoms with Gasteiger partial charge in [0, 0.05) is 0 Å². The third-order valence-electron chi connectivity index (χ3n) is 3.68. The van der Waals surface area contributed by atoms with Crippen molar-refractivity contribution in [3.8, 4) is 0 Å². The second-order valence-electron chi connectivity index (χ2n) is 5.11. The van der Waals surface area contributed by atoms with Crippen LogP contribution in [0.25, 0.3) is 0 Å². The summed E-state index contributed by atoms with van der Waals surface area (Å²) in [5.74, 6) is 0.852. The molecule has 2 N–H and O–H groups in total. The molecule has 1 rings (SSSR count). The fourth-order valence-electron chi connectivity index (χ4n) is 2.51. The predicted octanol–water partition coefficient (Wildman–Crippen LogP) is 2.28.